The Morgan fingerprint density at radius 2 is 2.13 bits per heavy atom. The van der Waals surface area contributed by atoms with E-state index in [0.29, 0.717) is 23.9 Å². The van der Waals surface area contributed by atoms with Gasteiger partial charge in [-0.15, -0.1) is 0 Å². The highest BCUT2D eigenvalue weighted by molar-refractivity contribution is 5.87. The molecule has 0 saturated carbocycles. The second-order valence-corrected chi connectivity index (χ2v) is 5.63. The normalized spacial score (nSPS) is 17.4. The Bertz CT molecular complexity index is 812. The molecule has 6 heteroatoms. The van der Waals surface area contributed by atoms with E-state index in [4.69, 9.17) is 4.74 Å². The number of carbonyl (C=O) groups is 2. The first-order valence-corrected chi connectivity index (χ1v) is 7.58. The van der Waals surface area contributed by atoms with E-state index in [1.54, 1.807) is 18.3 Å². The van der Waals surface area contributed by atoms with Crippen molar-refractivity contribution in [2.75, 3.05) is 13.7 Å². The number of esters is 1. The topological polar surface area (TPSA) is 79.5 Å². The maximum absolute atomic E-state index is 12.5. The van der Waals surface area contributed by atoms with E-state index in [2.05, 4.69) is 4.98 Å². The zero-order valence-electron chi connectivity index (χ0n) is 12.9. The van der Waals surface area contributed by atoms with Crippen molar-refractivity contribution in [2.45, 2.75) is 25.3 Å². The summed E-state index contributed by atoms with van der Waals surface area (Å²) in [7, 11) is 1.32. The van der Waals surface area contributed by atoms with Crippen LogP contribution in [0.4, 0.5) is 0 Å². The molecule has 0 radical (unpaired) electrons. The predicted molar refractivity (Wildman–Crippen MR) is 85.0 cm³/mol. The Morgan fingerprint density at radius 3 is 2.91 bits per heavy atom. The molecule has 120 valence electrons. The maximum Gasteiger partial charge on any atom is 0.328 e. The lowest BCUT2D eigenvalue weighted by Crippen LogP contribution is -2.42. The van der Waals surface area contributed by atoms with Crippen molar-refractivity contribution < 1.29 is 14.3 Å². The standard InChI is InChI=1S/C17H18N2O4/c1-23-17(22)14-7-4-8-19(14)15(20)9-11-10-18-13-6-3-2-5-12(13)16(11)21/h2-3,5-6,10,14H,4,7-9H2,1H3,(H,18,21)/t14-/m0/s1. The van der Waals surface area contributed by atoms with Crippen molar-refractivity contribution in [2.24, 2.45) is 0 Å². The summed E-state index contributed by atoms with van der Waals surface area (Å²) in [5.41, 5.74) is 0.994. The molecule has 1 saturated heterocycles. The monoisotopic (exact) mass is 314 g/mol. The lowest BCUT2D eigenvalue weighted by Gasteiger charge is -2.22. The summed E-state index contributed by atoms with van der Waals surface area (Å²) in [5, 5.41) is 0.559. The molecule has 1 N–H and O–H groups in total. The number of aromatic amines is 1. The van der Waals surface area contributed by atoms with Crippen molar-refractivity contribution >= 4 is 22.8 Å². The summed E-state index contributed by atoms with van der Waals surface area (Å²) in [6.07, 6.45) is 2.92. The number of H-pyrrole nitrogens is 1. The number of amides is 1. The fraction of sp³-hybridized carbons (Fsp3) is 0.353. The average Bonchev–Trinajstić information content (AvgIpc) is 3.06. The third-order valence-corrected chi connectivity index (χ3v) is 4.25. The molecule has 1 amide bonds. The molecule has 1 atom stereocenters. The number of aromatic nitrogens is 1. The first-order valence-electron chi connectivity index (χ1n) is 7.58. The number of ether oxygens (including phenoxy) is 1. The zero-order valence-corrected chi connectivity index (χ0v) is 12.9. The summed E-state index contributed by atoms with van der Waals surface area (Å²) < 4.78 is 4.75. The summed E-state index contributed by atoms with van der Waals surface area (Å²) in [6.45, 7) is 0.518. The van der Waals surface area contributed by atoms with Gasteiger partial charge in [0, 0.05) is 29.2 Å². The van der Waals surface area contributed by atoms with Gasteiger partial charge < -0.3 is 14.6 Å². The molecule has 0 aliphatic carbocycles. The van der Waals surface area contributed by atoms with Gasteiger partial charge in [0.2, 0.25) is 5.91 Å². The molecular formula is C17H18N2O4. The quantitative estimate of drug-likeness (QED) is 0.864. The van der Waals surface area contributed by atoms with Crippen LogP contribution in [-0.2, 0) is 20.7 Å². The fourth-order valence-corrected chi connectivity index (χ4v) is 3.05. The van der Waals surface area contributed by atoms with Crippen molar-refractivity contribution in [1.82, 2.24) is 9.88 Å². The number of carbonyl (C=O) groups excluding carboxylic acids is 2. The van der Waals surface area contributed by atoms with Gasteiger partial charge in [0.05, 0.1) is 13.5 Å². The molecule has 6 nitrogen and oxygen atoms in total. The predicted octanol–water partition coefficient (Wildman–Crippen LogP) is 1.23. The van der Waals surface area contributed by atoms with Crippen LogP contribution in [0.2, 0.25) is 0 Å². The second kappa shape index (κ2) is 6.24. The van der Waals surface area contributed by atoms with Gasteiger partial charge in [0.25, 0.3) is 0 Å². The van der Waals surface area contributed by atoms with Gasteiger partial charge in [0.1, 0.15) is 6.04 Å². The number of nitrogens with zero attached hydrogens (tertiary/aromatic N) is 1. The Labute approximate surface area is 133 Å². The number of pyridine rings is 1. The third-order valence-electron chi connectivity index (χ3n) is 4.25. The maximum atomic E-state index is 12.5. The van der Waals surface area contributed by atoms with Gasteiger partial charge in [-0.05, 0) is 25.0 Å². The summed E-state index contributed by atoms with van der Waals surface area (Å²) >= 11 is 0. The van der Waals surface area contributed by atoms with Crippen LogP contribution in [0.15, 0.2) is 35.3 Å². The summed E-state index contributed by atoms with van der Waals surface area (Å²) in [5.74, 6) is -0.623. The highest BCUT2D eigenvalue weighted by Crippen LogP contribution is 2.19. The van der Waals surface area contributed by atoms with Gasteiger partial charge in [-0.1, -0.05) is 12.1 Å². The number of methoxy groups -OCH3 is 1. The van der Waals surface area contributed by atoms with E-state index in [1.165, 1.54) is 12.0 Å². The Kier molecular flexibility index (Phi) is 4.14. The highest BCUT2D eigenvalue weighted by atomic mass is 16.5. The van der Waals surface area contributed by atoms with E-state index in [1.807, 2.05) is 12.1 Å². The Balaban J connectivity index is 1.84. The molecule has 0 spiro atoms. The van der Waals surface area contributed by atoms with E-state index in [0.717, 1.165) is 11.9 Å². The number of hydrogen-bond donors (Lipinski definition) is 1. The van der Waals surface area contributed by atoms with Crippen LogP contribution in [-0.4, -0.2) is 41.5 Å². The molecule has 23 heavy (non-hydrogen) atoms. The van der Waals surface area contributed by atoms with Crippen LogP contribution in [0.3, 0.4) is 0 Å². The smallest absolute Gasteiger partial charge is 0.328 e. The summed E-state index contributed by atoms with van der Waals surface area (Å²) in [4.78, 5) is 41.3. The molecule has 2 heterocycles. The molecule has 1 aromatic heterocycles. The molecule has 1 aliphatic rings. The molecular weight excluding hydrogens is 296 g/mol. The molecule has 1 aliphatic heterocycles. The number of nitrogens with one attached hydrogen (secondary N) is 1. The molecule has 0 unspecified atom stereocenters. The molecule has 1 aromatic carbocycles. The van der Waals surface area contributed by atoms with Gasteiger partial charge >= 0.3 is 5.97 Å². The minimum absolute atomic E-state index is 0.0202. The lowest BCUT2D eigenvalue weighted by molar-refractivity contribution is -0.150. The molecule has 0 bridgehead atoms. The number of rotatable bonds is 3. The minimum Gasteiger partial charge on any atom is -0.467 e. The second-order valence-electron chi connectivity index (χ2n) is 5.63. The fourth-order valence-electron chi connectivity index (χ4n) is 3.05. The first kappa shape index (κ1) is 15.3. The van der Waals surface area contributed by atoms with Crippen molar-refractivity contribution in [3.05, 3.63) is 46.2 Å². The van der Waals surface area contributed by atoms with Gasteiger partial charge in [0.15, 0.2) is 5.43 Å². The van der Waals surface area contributed by atoms with E-state index in [-0.39, 0.29) is 17.8 Å². The van der Waals surface area contributed by atoms with Crippen molar-refractivity contribution in [3.8, 4) is 0 Å². The van der Waals surface area contributed by atoms with E-state index < -0.39 is 12.0 Å². The molecule has 2 aromatic rings. The van der Waals surface area contributed by atoms with Crippen molar-refractivity contribution in [1.29, 1.82) is 0 Å². The highest BCUT2D eigenvalue weighted by Gasteiger charge is 2.34. The molecule has 1 fully saturated rings. The average molecular weight is 314 g/mol. The van der Waals surface area contributed by atoms with Crippen LogP contribution in [0.1, 0.15) is 18.4 Å². The largest absolute Gasteiger partial charge is 0.467 e. The number of hydrogen-bond acceptors (Lipinski definition) is 4. The van der Waals surface area contributed by atoms with Gasteiger partial charge in [-0.25, -0.2) is 4.79 Å². The zero-order chi connectivity index (χ0) is 16.4. The molecule has 3 rings (SSSR count). The number of benzene rings is 1. The van der Waals surface area contributed by atoms with Crippen LogP contribution in [0.25, 0.3) is 10.9 Å². The van der Waals surface area contributed by atoms with Crippen LogP contribution in [0, 0.1) is 0 Å². The van der Waals surface area contributed by atoms with E-state index in [9.17, 15) is 14.4 Å². The van der Waals surface area contributed by atoms with Crippen LogP contribution < -0.4 is 5.43 Å². The van der Waals surface area contributed by atoms with E-state index >= 15 is 0 Å². The number of likely N-dealkylation sites (tertiary alicyclic amines) is 1. The van der Waals surface area contributed by atoms with Gasteiger partial charge in [-0.3, -0.25) is 9.59 Å². The lowest BCUT2D eigenvalue weighted by atomic mass is 10.1. The van der Waals surface area contributed by atoms with Gasteiger partial charge in [-0.2, -0.15) is 0 Å². The first-order chi connectivity index (χ1) is 11.1. The Hall–Kier alpha value is -2.63. The SMILES string of the molecule is COC(=O)[C@@H]1CCCN1C(=O)Cc1c[nH]c2ccccc2c1=O. The van der Waals surface area contributed by atoms with Crippen LogP contribution in [0.5, 0.6) is 0 Å². The number of fused-ring (bicyclic) bond motifs is 1. The summed E-state index contributed by atoms with van der Waals surface area (Å²) in [6, 6.07) is 6.64. The minimum atomic E-state index is -0.535. The third kappa shape index (κ3) is 2.84. The van der Waals surface area contributed by atoms with Crippen molar-refractivity contribution in [3.63, 3.8) is 0 Å². The van der Waals surface area contributed by atoms with Crippen LogP contribution >= 0.6 is 0 Å². The number of para-hydroxylation sites is 1. The Morgan fingerprint density at radius 1 is 1.35 bits per heavy atom.